The zero-order valence-electron chi connectivity index (χ0n) is 20.0. The summed E-state index contributed by atoms with van der Waals surface area (Å²) >= 11 is 0. The number of imide groups is 1. The molecule has 190 valence electrons. The number of hydrogen-bond donors (Lipinski definition) is 2. The van der Waals surface area contributed by atoms with Gasteiger partial charge in [0.2, 0.25) is 11.8 Å². The minimum Gasteiger partial charge on any atom is -0.554 e. The van der Waals surface area contributed by atoms with Gasteiger partial charge in [0.05, 0.1) is 11.6 Å². The van der Waals surface area contributed by atoms with E-state index in [1.807, 2.05) is 58.3 Å². The molecule has 1 atom stereocenters. The van der Waals surface area contributed by atoms with Crippen LogP contribution in [0.3, 0.4) is 0 Å². The Balaban J connectivity index is 0.00000102. The first kappa shape index (κ1) is 25.5. The number of nitrogen functional groups attached to an aromatic ring is 1. The van der Waals surface area contributed by atoms with E-state index in [0.29, 0.717) is 49.5 Å². The highest BCUT2D eigenvalue weighted by molar-refractivity contribution is 6.00. The van der Waals surface area contributed by atoms with Crippen LogP contribution >= 0.6 is 0 Å². The number of carboxylic acid groups (broad SMARTS) is 1. The standard InChI is InChI=1S/C26H24N4O4.CH2O2/c27-20-10-12-29(13-11-20)14-17-4-6-18(7-5-17)26(33)34-23-3-1-2-19-15-30(16-21(19)23)22-8-9-24(31)28-25(22)32;2-1-3/h1-7,10-13,22,27H,8-9,14-16H2,(H,28,31,32);1H,(H,2,3). The smallest absolute Gasteiger partial charge is 0.343 e. The highest BCUT2D eigenvalue weighted by Crippen LogP contribution is 2.33. The molecule has 0 bridgehead atoms. The van der Waals surface area contributed by atoms with E-state index < -0.39 is 12.4 Å². The van der Waals surface area contributed by atoms with Gasteiger partial charge in [-0.25, -0.2) is 9.36 Å². The van der Waals surface area contributed by atoms with Crippen LogP contribution in [0.1, 0.15) is 39.9 Å². The first-order valence-corrected chi connectivity index (χ1v) is 11.7. The van der Waals surface area contributed by atoms with Gasteiger partial charge in [-0.2, -0.15) is 0 Å². The maximum absolute atomic E-state index is 12.8. The van der Waals surface area contributed by atoms with Crippen LogP contribution in [-0.2, 0) is 34.0 Å². The molecule has 1 aromatic heterocycles. The highest BCUT2D eigenvalue weighted by Gasteiger charge is 2.35. The number of anilines is 1. The number of carbonyl (C=O) groups excluding carboxylic acids is 4. The lowest BCUT2D eigenvalue weighted by atomic mass is 10.0. The van der Waals surface area contributed by atoms with Crippen molar-refractivity contribution in [3.8, 4) is 5.75 Å². The summed E-state index contributed by atoms with van der Waals surface area (Å²) in [6.45, 7) is 1.23. The second kappa shape index (κ2) is 11.4. The fraction of sp³-hybridized carbons (Fsp3) is 0.222. The summed E-state index contributed by atoms with van der Waals surface area (Å²) in [6.07, 6.45) is 4.64. The molecule has 0 spiro atoms. The molecule has 0 radical (unpaired) electrons. The molecule has 1 unspecified atom stereocenters. The second-order valence-electron chi connectivity index (χ2n) is 8.75. The second-order valence-corrected chi connectivity index (χ2v) is 8.75. The molecule has 10 heteroatoms. The van der Waals surface area contributed by atoms with Crippen LogP contribution in [0.4, 0.5) is 5.69 Å². The fourth-order valence-corrected chi connectivity index (χ4v) is 4.45. The van der Waals surface area contributed by atoms with Gasteiger partial charge in [0.15, 0.2) is 18.9 Å². The van der Waals surface area contributed by atoms with Gasteiger partial charge in [0.25, 0.3) is 0 Å². The number of nitrogens with zero attached hydrogens (tertiary/aromatic N) is 2. The largest absolute Gasteiger partial charge is 0.554 e. The van der Waals surface area contributed by atoms with E-state index in [1.165, 1.54) is 0 Å². The van der Waals surface area contributed by atoms with Crippen LogP contribution in [-0.4, -0.2) is 35.2 Å². The Hall–Kier alpha value is -4.57. The molecule has 37 heavy (non-hydrogen) atoms. The summed E-state index contributed by atoms with van der Waals surface area (Å²) in [5.74, 6) is -0.427. The first-order chi connectivity index (χ1) is 17.9. The van der Waals surface area contributed by atoms with Crippen LogP contribution in [0.2, 0.25) is 0 Å². The molecule has 0 aliphatic carbocycles. The zero-order chi connectivity index (χ0) is 26.4. The summed E-state index contributed by atoms with van der Waals surface area (Å²) in [4.78, 5) is 46.9. The lowest BCUT2D eigenvalue weighted by molar-refractivity contribution is -0.688. The van der Waals surface area contributed by atoms with Crippen molar-refractivity contribution < 1.29 is 33.6 Å². The van der Waals surface area contributed by atoms with Gasteiger partial charge in [0, 0.05) is 54.9 Å². The van der Waals surface area contributed by atoms with Crippen molar-refractivity contribution in [2.45, 2.75) is 38.5 Å². The van der Waals surface area contributed by atoms with E-state index >= 15 is 0 Å². The molecular formula is C27H26N4O6. The average Bonchev–Trinajstić information content (AvgIpc) is 3.31. The fourth-order valence-electron chi connectivity index (χ4n) is 4.45. The zero-order valence-corrected chi connectivity index (χ0v) is 20.0. The van der Waals surface area contributed by atoms with Gasteiger partial charge < -0.3 is 20.4 Å². The first-order valence-electron chi connectivity index (χ1n) is 11.7. The topological polar surface area (TPSA) is 146 Å². The number of nitrogens with one attached hydrogen (secondary N) is 1. The SMILES string of the molecule is Nc1cc[n+](Cc2ccc(C(=O)Oc3cccc4c3CN(C3CCC(=O)NC3=O)C4)cc2)cc1.O=C[O-]. The van der Waals surface area contributed by atoms with Gasteiger partial charge in [-0.15, -0.1) is 0 Å². The molecule has 2 aliphatic rings. The Morgan fingerprint density at radius 1 is 1.11 bits per heavy atom. The third-order valence-electron chi connectivity index (χ3n) is 6.29. The number of aromatic nitrogens is 1. The average molecular weight is 503 g/mol. The van der Waals surface area contributed by atoms with Crippen LogP contribution in [0, 0.1) is 0 Å². The Morgan fingerprint density at radius 2 is 1.81 bits per heavy atom. The van der Waals surface area contributed by atoms with E-state index in [2.05, 4.69) is 5.32 Å². The van der Waals surface area contributed by atoms with E-state index in [4.69, 9.17) is 20.4 Å². The number of pyridine rings is 1. The number of fused-ring (bicyclic) bond motifs is 1. The van der Waals surface area contributed by atoms with Crippen molar-refractivity contribution >= 4 is 29.9 Å². The summed E-state index contributed by atoms with van der Waals surface area (Å²) < 4.78 is 7.76. The lowest BCUT2D eigenvalue weighted by Crippen LogP contribution is -2.50. The van der Waals surface area contributed by atoms with E-state index in [1.54, 1.807) is 18.2 Å². The normalized spacial score (nSPS) is 16.7. The van der Waals surface area contributed by atoms with Crippen molar-refractivity contribution in [3.63, 3.8) is 0 Å². The van der Waals surface area contributed by atoms with Crippen LogP contribution < -0.4 is 25.5 Å². The van der Waals surface area contributed by atoms with Crippen molar-refractivity contribution in [2.24, 2.45) is 0 Å². The third kappa shape index (κ3) is 6.17. The molecule has 1 saturated heterocycles. The highest BCUT2D eigenvalue weighted by atomic mass is 16.5. The third-order valence-corrected chi connectivity index (χ3v) is 6.29. The van der Waals surface area contributed by atoms with Gasteiger partial charge in [-0.3, -0.25) is 19.8 Å². The number of carbonyl (C=O) groups is 4. The lowest BCUT2D eigenvalue weighted by Gasteiger charge is -2.29. The van der Waals surface area contributed by atoms with E-state index in [0.717, 1.165) is 16.7 Å². The number of piperidine rings is 1. The number of rotatable bonds is 5. The molecule has 2 aliphatic heterocycles. The summed E-state index contributed by atoms with van der Waals surface area (Å²) in [5.41, 5.74) is 9.87. The number of amides is 2. The van der Waals surface area contributed by atoms with Crippen molar-refractivity contribution in [3.05, 3.63) is 89.2 Å². The predicted octanol–water partition coefficient (Wildman–Crippen LogP) is 0.311. The number of benzene rings is 2. The molecular weight excluding hydrogens is 476 g/mol. The molecule has 5 rings (SSSR count). The van der Waals surface area contributed by atoms with Gasteiger partial charge in [-0.1, -0.05) is 24.3 Å². The molecule has 10 nitrogen and oxygen atoms in total. The van der Waals surface area contributed by atoms with Gasteiger partial charge in [-0.05, 0) is 30.2 Å². The Bertz CT molecular complexity index is 1310. The summed E-state index contributed by atoms with van der Waals surface area (Å²) in [7, 11) is 0. The predicted molar refractivity (Wildman–Crippen MR) is 129 cm³/mol. The molecule has 3 heterocycles. The molecule has 1 fully saturated rings. The van der Waals surface area contributed by atoms with E-state index in [-0.39, 0.29) is 17.9 Å². The molecule has 2 amide bonds. The number of ether oxygens (including phenoxy) is 1. The van der Waals surface area contributed by atoms with Gasteiger partial charge in [0.1, 0.15) is 5.75 Å². The molecule has 3 N–H and O–H groups in total. The van der Waals surface area contributed by atoms with Crippen molar-refractivity contribution in [1.82, 2.24) is 10.2 Å². The van der Waals surface area contributed by atoms with Crippen molar-refractivity contribution in [1.29, 1.82) is 0 Å². The Labute approximate surface area is 213 Å². The van der Waals surface area contributed by atoms with Gasteiger partial charge >= 0.3 is 5.97 Å². The monoisotopic (exact) mass is 502 g/mol. The summed E-state index contributed by atoms with van der Waals surface area (Å²) in [5, 5.41) is 10.7. The number of esters is 1. The maximum Gasteiger partial charge on any atom is 0.343 e. The van der Waals surface area contributed by atoms with E-state index in [9.17, 15) is 14.4 Å². The minimum absolute atomic E-state index is 0.231. The quantitative estimate of drug-likeness (QED) is 0.167. The van der Waals surface area contributed by atoms with Crippen LogP contribution in [0.15, 0.2) is 67.0 Å². The van der Waals surface area contributed by atoms with Crippen molar-refractivity contribution in [2.75, 3.05) is 5.73 Å². The number of hydrogen-bond acceptors (Lipinski definition) is 8. The molecule has 2 aromatic carbocycles. The Morgan fingerprint density at radius 3 is 2.49 bits per heavy atom. The molecule has 3 aromatic rings. The number of nitrogens with two attached hydrogens (primary N) is 1. The van der Waals surface area contributed by atoms with Crippen LogP contribution in [0.25, 0.3) is 0 Å². The van der Waals surface area contributed by atoms with Crippen LogP contribution in [0.5, 0.6) is 5.75 Å². The Kier molecular flexibility index (Phi) is 7.89. The molecule has 0 saturated carbocycles. The minimum atomic E-state index is -0.500. The maximum atomic E-state index is 12.8. The summed E-state index contributed by atoms with van der Waals surface area (Å²) in [6, 6.07) is 16.2.